The van der Waals surface area contributed by atoms with Gasteiger partial charge in [0.2, 0.25) is 0 Å². The Balaban J connectivity index is 1.91. The van der Waals surface area contributed by atoms with Crippen LogP contribution in [0.15, 0.2) is 0 Å². The van der Waals surface area contributed by atoms with E-state index < -0.39 is 5.97 Å². The average molecular weight is 210 g/mol. The molecule has 0 bridgehead atoms. The maximum absolute atomic E-state index is 10.4. The van der Waals surface area contributed by atoms with Crippen LogP contribution in [0.5, 0.6) is 0 Å². The molecule has 0 aliphatic heterocycles. The molecule has 6 heteroatoms. The minimum atomic E-state index is -0.819. The van der Waals surface area contributed by atoms with Crippen molar-refractivity contribution in [1.29, 1.82) is 0 Å². The minimum Gasteiger partial charge on any atom is -0.481 e. The highest BCUT2D eigenvalue weighted by molar-refractivity contribution is 5.66. The van der Waals surface area contributed by atoms with Crippen LogP contribution in [0, 0.1) is 5.92 Å². The molecule has 0 radical (unpaired) electrons. The first-order valence-corrected chi connectivity index (χ1v) is 5.22. The van der Waals surface area contributed by atoms with E-state index in [2.05, 4.69) is 15.5 Å². The number of hydrogen-bond acceptors (Lipinski definition) is 4. The molecule has 2 rings (SSSR count). The van der Waals surface area contributed by atoms with E-state index in [0.29, 0.717) is 12.5 Å². The molecule has 1 N–H and O–H groups in total. The molecule has 15 heavy (non-hydrogen) atoms. The Morgan fingerprint density at radius 3 is 2.93 bits per heavy atom. The van der Waals surface area contributed by atoms with Crippen LogP contribution in [-0.2, 0) is 17.8 Å². The molecule has 0 spiro atoms. The van der Waals surface area contributed by atoms with Gasteiger partial charge in [0.05, 0.1) is 13.0 Å². The molecule has 1 aliphatic rings. The molecule has 0 amide bonds. The number of rotatable bonds is 5. The van der Waals surface area contributed by atoms with Gasteiger partial charge < -0.3 is 5.11 Å². The fraction of sp³-hybridized carbons (Fsp3) is 0.778. The average Bonchev–Trinajstić information content (AvgIpc) is 2.55. The van der Waals surface area contributed by atoms with E-state index in [1.807, 2.05) is 0 Å². The van der Waals surface area contributed by atoms with E-state index in [-0.39, 0.29) is 6.42 Å². The van der Waals surface area contributed by atoms with Gasteiger partial charge in [-0.15, -0.1) is 5.10 Å². The maximum atomic E-state index is 10.4. The Hall–Kier alpha value is -1.46. The summed E-state index contributed by atoms with van der Waals surface area (Å²) in [7, 11) is 0. The zero-order chi connectivity index (χ0) is 10.7. The first-order chi connectivity index (χ1) is 7.25. The van der Waals surface area contributed by atoms with E-state index in [0.717, 1.165) is 12.2 Å². The van der Waals surface area contributed by atoms with Gasteiger partial charge in [0, 0.05) is 6.42 Å². The third-order valence-corrected chi connectivity index (χ3v) is 2.84. The van der Waals surface area contributed by atoms with Crippen molar-refractivity contribution in [1.82, 2.24) is 20.2 Å². The molecule has 1 aliphatic carbocycles. The Kier molecular flexibility index (Phi) is 2.94. The van der Waals surface area contributed by atoms with Gasteiger partial charge in [0.25, 0.3) is 0 Å². The third kappa shape index (κ3) is 2.51. The van der Waals surface area contributed by atoms with E-state index in [1.54, 1.807) is 4.68 Å². The number of hydrogen-bond donors (Lipinski definition) is 1. The van der Waals surface area contributed by atoms with Crippen LogP contribution in [0.2, 0.25) is 0 Å². The molecule has 6 nitrogen and oxygen atoms in total. The van der Waals surface area contributed by atoms with Gasteiger partial charge in [-0.25, -0.2) is 4.68 Å². The van der Waals surface area contributed by atoms with E-state index in [1.165, 1.54) is 19.3 Å². The lowest BCUT2D eigenvalue weighted by molar-refractivity contribution is -0.137. The second kappa shape index (κ2) is 4.37. The number of aromatic nitrogens is 4. The van der Waals surface area contributed by atoms with Gasteiger partial charge in [0.15, 0.2) is 5.82 Å². The molecule has 0 aromatic carbocycles. The van der Waals surface area contributed by atoms with Crippen molar-refractivity contribution in [3.8, 4) is 0 Å². The smallest absolute Gasteiger partial charge is 0.305 e. The summed E-state index contributed by atoms with van der Waals surface area (Å²) < 4.78 is 1.60. The van der Waals surface area contributed by atoms with Crippen molar-refractivity contribution < 1.29 is 9.90 Å². The normalized spacial score (nSPS) is 16.3. The largest absolute Gasteiger partial charge is 0.481 e. The maximum Gasteiger partial charge on any atom is 0.305 e. The summed E-state index contributed by atoms with van der Waals surface area (Å²) in [6.45, 7) is 0.365. The number of tetrazole rings is 1. The number of carboxylic acid groups (broad SMARTS) is 1. The SMILES string of the molecule is O=C(O)CCn1nnnc1CC1CCC1. The number of aryl methyl sites for hydroxylation is 1. The summed E-state index contributed by atoms with van der Waals surface area (Å²) >= 11 is 0. The predicted molar refractivity (Wildman–Crippen MR) is 51.1 cm³/mol. The van der Waals surface area contributed by atoms with Gasteiger partial charge >= 0.3 is 5.97 Å². The Morgan fingerprint density at radius 1 is 1.53 bits per heavy atom. The molecule has 1 heterocycles. The monoisotopic (exact) mass is 210 g/mol. The molecule has 82 valence electrons. The van der Waals surface area contributed by atoms with E-state index in [9.17, 15) is 4.79 Å². The summed E-state index contributed by atoms with van der Waals surface area (Å²) in [6.07, 6.45) is 4.73. The van der Waals surface area contributed by atoms with Gasteiger partial charge in [-0.3, -0.25) is 4.79 Å². The third-order valence-electron chi connectivity index (χ3n) is 2.84. The van der Waals surface area contributed by atoms with Gasteiger partial charge in [0.1, 0.15) is 0 Å². The fourth-order valence-corrected chi connectivity index (χ4v) is 1.70. The molecule has 1 aromatic heterocycles. The number of carboxylic acids is 1. The summed E-state index contributed by atoms with van der Waals surface area (Å²) in [5.74, 6) is 0.695. The highest BCUT2D eigenvalue weighted by atomic mass is 16.4. The van der Waals surface area contributed by atoms with Crippen molar-refractivity contribution in [2.75, 3.05) is 0 Å². The lowest BCUT2D eigenvalue weighted by atomic mass is 9.83. The second-order valence-electron chi connectivity index (χ2n) is 3.96. The lowest BCUT2D eigenvalue weighted by Gasteiger charge is -2.24. The van der Waals surface area contributed by atoms with Crippen molar-refractivity contribution in [3.63, 3.8) is 0 Å². The quantitative estimate of drug-likeness (QED) is 0.764. The molecule has 1 fully saturated rings. The van der Waals surface area contributed by atoms with Gasteiger partial charge in [-0.1, -0.05) is 19.3 Å². The van der Waals surface area contributed by atoms with Crippen LogP contribution in [0.4, 0.5) is 0 Å². The number of nitrogens with zero attached hydrogens (tertiary/aromatic N) is 4. The standard InChI is InChI=1S/C9H14N4O2/c14-9(15)4-5-13-8(10-11-12-13)6-7-2-1-3-7/h7H,1-6H2,(H,14,15). The first-order valence-electron chi connectivity index (χ1n) is 5.22. The summed E-state index contributed by atoms with van der Waals surface area (Å²) in [5, 5.41) is 19.9. The van der Waals surface area contributed by atoms with Crippen LogP contribution in [0.25, 0.3) is 0 Å². The van der Waals surface area contributed by atoms with Crippen LogP contribution < -0.4 is 0 Å². The molecule has 1 saturated carbocycles. The topological polar surface area (TPSA) is 80.9 Å². The minimum absolute atomic E-state index is 0.0721. The number of aliphatic carboxylic acids is 1. The van der Waals surface area contributed by atoms with Crippen molar-refractivity contribution in [3.05, 3.63) is 5.82 Å². The highest BCUT2D eigenvalue weighted by Gasteiger charge is 2.20. The van der Waals surface area contributed by atoms with Crippen LogP contribution in [0.1, 0.15) is 31.5 Å². The Labute approximate surface area is 87.3 Å². The predicted octanol–water partition coefficient (Wildman–Crippen LogP) is 0.490. The number of carbonyl (C=O) groups is 1. The molecule has 0 unspecified atom stereocenters. The van der Waals surface area contributed by atoms with Gasteiger partial charge in [-0.05, 0) is 16.3 Å². The van der Waals surface area contributed by atoms with Crippen LogP contribution in [-0.4, -0.2) is 31.3 Å². The van der Waals surface area contributed by atoms with Crippen LogP contribution >= 0.6 is 0 Å². The van der Waals surface area contributed by atoms with Crippen LogP contribution in [0.3, 0.4) is 0 Å². The summed E-state index contributed by atoms with van der Waals surface area (Å²) in [4.78, 5) is 10.4. The molecule has 0 saturated heterocycles. The lowest BCUT2D eigenvalue weighted by Crippen LogP contribution is -2.18. The summed E-state index contributed by atoms with van der Waals surface area (Å²) in [6, 6.07) is 0. The highest BCUT2D eigenvalue weighted by Crippen LogP contribution is 2.28. The molecule has 0 atom stereocenters. The van der Waals surface area contributed by atoms with E-state index >= 15 is 0 Å². The molecular formula is C9H14N4O2. The van der Waals surface area contributed by atoms with Gasteiger partial charge in [-0.2, -0.15) is 0 Å². The van der Waals surface area contributed by atoms with Crippen molar-refractivity contribution in [2.45, 2.75) is 38.6 Å². The molecule has 1 aromatic rings. The van der Waals surface area contributed by atoms with Crippen molar-refractivity contribution >= 4 is 5.97 Å². The Bertz CT molecular complexity index is 346. The zero-order valence-corrected chi connectivity index (χ0v) is 8.46. The van der Waals surface area contributed by atoms with E-state index in [4.69, 9.17) is 5.11 Å². The van der Waals surface area contributed by atoms with Crippen molar-refractivity contribution in [2.24, 2.45) is 5.92 Å². The zero-order valence-electron chi connectivity index (χ0n) is 8.46. The molecular weight excluding hydrogens is 196 g/mol. The first kappa shape index (κ1) is 10.1. The fourth-order valence-electron chi connectivity index (χ4n) is 1.70. The Morgan fingerprint density at radius 2 is 2.33 bits per heavy atom. The summed E-state index contributed by atoms with van der Waals surface area (Å²) in [5.41, 5.74) is 0. The second-order valence-corrected chi connectivity index (χ2v) is 3.96.